The molecule has 35 heavy (non-hydrogen) atoms. The van der Waals surface area contributed by atoms with Gasteiger partial charge in [0.15, 0.2) is 0 Å². The number of fused-ring (bicyclic) bond motifs is 1. The highest BCUT2D eigenvalue weighted by atomic mass is 35.5. The molecule has 176 valence electrons. The number of carbonyl (C=O) groups is 1. The van der Waals surface area contributed by atoms with Crippen molar-refractivity contribution in [3.8, 4) is 5.75 Å². The number of benzene rings is 3. The number of allylic oxidation sites excluding steroid dienone is 1. The third kappa shape index (κ3) is 4.90. The van der Waals surface area contributed by atoms with E-state index < -0.39 is 6.04 Å². The van der Waals surface area contributed by atoms with Crippen LogP contribution >= 0.6 is 11.6 Å². The van der Waals surface area contributed by atoms with Crippen LogP contribution in [0.5, 0.6) is 5.75 Å². The van der Waals surface area contributed by atoms with Gasteiger partial charge in [-0.1, -0.05) is 72.3 Å². The largest absolute Gasteiger partial charge is 0.489 e. The Labute approximate surface area is 208 Å². The lowest BCUT2D eigenvalue weighted by atomic mass is 9.95. The zero-order valence-corrected chi connectivity index (χ0v) is 19.9. The summed E-state index contributed by atoms with van der Waals surface area (Å²) >= 11 is 6.23. The van der Waals surface area contributed by atoms with Crippen molar-refractivity contribution >= 4 is 23.5 Å². The molecule has 1 aliphatic rings. The van der Waals surface area contributed by atoms with Gasteiger partial charge in [0.05, 0.1) is 5.57 Å². The van der Waals surface area contributed by atoms with Crippen molar-refractivity contribution in [2.24, 2.45) is 0 Å². The van der Waals surface area contributed by atoms with Crippen LogP contribution in [0.25, 0.3) is 0 Å². The van der Waals surface area contributed by atoms with E-state index in [1.165, 1.54) is 6.33 Å². The smallest absolute Gasteiger partial charge is 0.251 e. The highest BCUT2D eigenvalue weighted by molar-refractivity contribution is 6.31. The SMILES string of the molecule is CC1=C(C(=O)NCc2ccccc2)[C@H](c2ccc(OCc3ccccc3Cl)cc2)n2ncnc2N1. The number of nitrogens with zero attached hydrogens (tertiary/aromatic N) is 3. The van der Waals surface area contributed by atoms with Gasteiger partial charge in [0.2, 0.25) is 5.95 Å². The minimum atomic E-state index is -0.429. The van der Waals surface area contributed by atoms with E-state index >= 15 is 0 Å². The first-order valence-electron chi connectivity index (χ1n) is 11.3. The van der Waals surface area contributed by atoms with E-state index in [1.807, 2.05) is 85.8 Å². The molecule has 1 amide bonds. The summed E-state index contributed by atoms with van der Waals surface area (Å²) in [6, 6.07) is 24.7. The molecule has 0 bridgehead atoms. The highest BCUT2D eigenvalue weighted by Crippen LogP contribution is 2.35. The van der Waals surface area contributed by atoms with Crippen molar-refractivity contribution in [3.05, 3.63) is 118 Å². The van der Waals surface area contributed by atoms with Gasteiger partial charge < -0.3 is 15.4 Å². The van der Waals surface area contributed by atoms with Gasteiger partial charge in [0, 0.05) is 22.8 Å². The second-order valence-electron chi connectivity index (χ2n) is 8.21. The highest BCUT2D eigenvalue weighted by Gasteiger charge is 2.33. The number of rotatable bonds is 7. The molecule has 0 spiro atoms. The molecule has 0 aliphatic carbocycles. The Morgan fingerprint density at radius 3 is 2.57 bits per heavy atom. The number of hydrogen-bond acceptors (Lipinski definition) is 5. The first-order chi connectivity index (χ1) is 17.1. The number of aromatic nitrogens is 3. The zero-order valence-electron chi connectivity index (χ0n) is 19.1. The monoisotopic (exact) mass is 485 g/mol. The summed E-state index contributed by atoms with van der Waals surface area (Å²) in [7, 11) is 0. The number of carbonyl (C=O) groups excluding carboxylic acids is 1. The van der Waals surface area contributed by atoms with Crippen LogP contribution in [0.3, 0.4) is 0 Å². The van der Waals surface area contributed by atoms with Gasteiger partial charge in [-0.3, -0.25) is 4.79 Å². The fraction of sp³-hybridized carbons (Fsp3) is 0.148. The molecule has 0 unspecified atom stereocenters. The van der Waals surface area contributed by atoms with Crippen molar-refractivity contribution in [3.63, 3.8) is 0 Å². The lowest BCUT2D eigenvalue weighted by molar-refractivity contribution is -0.118. The van der Waals surface area contributed by atoms with E-state index in [1.54, 1.807) is 4.68 Å². The number of ether oxygens (including phenoxy) is 1. The summed E-state index contributed by atoms with van der Waals surface area (Å²) in [4.78, 5) is 17.6. The summed E-state index contributed by atoms with van der Waals surface area (Å²) in [5, 5.41) is 11.3. The Morgan fingerprint density at radius 1 is 1.06 bits per heavy atom. The molecule has 4 aromatic rings. The molecule has 2 heterocycles. The molecule has 5 rings (SSSR count). The van der Waals surface area contributed by atoms with Crippen LogP contribution in [0.1, 0.15) is 29.7 Å². The number of anilines is 1. The van der Waals surface area contributed by atoms with E-state index in [2.05, 4.69) is 20.7 Å². The van der Waals surface area contributed by atoms with Crippen LogP contribution in [0.2, 0.25) is 5.02 Å². The molecule has 2 N–H and O–H groups in total. The van der Waals surface area contributed by atoms with Crippen LogP contribution in [0.15, 0.2) is 96.5 Å². The van der Waals surface area contributed by atoms with Crippen LogP contribution in [0, 0.1) is 0 Å². The molecular weight excluding hydrogens is 462 g/mol. The first-order valence-corrected chi connectivity index (χ1v) is 11.6. The van der Waals surface area contributed by atoms with Crippen molar-refractivity contribution in [2.75, 3.05) is 5.32 Å². The maximum absolute atomic E-state index is 13.3. The maximum Gasteiger partial charge on any atom is 0.251 e. The third-order valence-electron chi connectivity index (χ3n) is 5.88. The zero-order chi connectivity index (χ0) is 24.2. The van der Waals surface area contributed by atoms with Gasteiger partial charge in [0.1, 0.15) is 24.7 Å². The Bertz CT molecular complexity index is 1370. The number of hydrogen-bond donors (Lipinski definition) is 2. The number of nitrogens with one attached hydrogen (secondary N) is 2. The molecule has 0 saturated heterocycles. The summed E-state index contributed by atoms with van der Waals surface area (Å²) < 4.78 is 7.66. The standard InChI is InChI=1S/C27H24ClN5O2/c1-18-24(26(34)29-15-19-7-3-2-4-8-19)25(33-27(32-18)30-17-31-33)20-11-13-22(14-12-20)35-16-21-9-5-6-10-23(21)28/h2-14,17,25H,15-16H2,1H3,(H,29,34)(H,30,31,32)/t25-/m0/s1. The predicted molar refractivity (Wildman–Crippen MR) is 135 cm³/mol. The average molecular weight is 486 g/mol. The number of amides is 1. The van der Waals surface area contributed by atoms with E-state index in [4.69, 9.17) is 16.3 Å². The summed E-state index contributed by atoms with van der Waals surface area (Å²) in [6.45, 7) is 2.68. The molecule has 1 aliphatic heterocycles. The lowest BCUT2D eigenvalue weighted by Gasteiger charge is -2.28. The van der Waals surface area contributed by atoms with Crippen molar-refractivity contribution in [1.82, 2.24) is 20.1 Å². The van der Waals surface area contributed by atoms with Crippen LogP contribution in [-0.4, -0.2) is 20.7 Å². The molecule has 3 aromatic carbocycles. The molecular formula is C27H24ClN5O2. The Balaban J connectivity index is 1.38. The van der Waals surface area contributed by atoms with Gasteiger partial charge in [-0.15, -0.1) is 0 Å². The minimum absolute atomic E-state index is 0.163. The number of halogens is 1. The van der Waals surface area contributed by atoms with Gasteiger partial charge >= 0.3 is 0 Å². The third-order valence-corrected chi connectivity index (χ3v) is 6.25. The molecule has 7 nitrogen and oxygen atoms in total. The van der Waals surface area contributed by atoms with E-state index in [9.17, 15) is 4.79 Å². The lowest BCUT2D eigenvalue weighted by Crippen LogP contribution is -2.34. The van der Waals surface area contributed by atoms with Crippen LogP contribution < -0.4 is 15.4 Å². The first kappa shape index (κ1) is 22.7. The summed E-state index contributed by atoms with van der Waals surface area (Å²) in [5.74, 6) is 1.13. The molecule has 1 aromatic heterocycles. The average Bonchev–Trinajstić information content (AvgIpc) is 3.35. The van der Waals surface area contributed by atoms with Crippen LogP contribution in [-0.2, 0) is 17.9 Å². The summed E-state index contributed by atoms with van der Waals surface area (Å²) in [5.41, 5.74) is 4.16. The van der Waals surface area contributed by atoms with Gasteiger partial charge in [-0.2, -0.15) is 10.1 Å². The van der Waals surface area contributed by atoms with Crippen LogP contribution in [0.4, 0.5) is 5.95 Å². The topological polar surface area (TPSA) is 81.1 Å². The molecule has 8 heteroatoms. The molecule has 0 radical (unpaired) electrons. The van der Waals surface area contributed by atoms with Crippen molar-refractivity contribution in [2.45, 2.75) is 26.1 Å². The van der Waals surface area contributed by atoms with Gasteiger partial charge in [-0.05, 0) is 36.2 Å². The fourth-order valence-electron chi connectivity index (χ4n) is 4.09. The molecule has 0 fully saturated rings. The Kier molecular flexibility index (Phi) is 6.50. The molecule has 1 atom stereocenters. The van der Waals surface area contributed by atoms with Crippen molar-refractivity contribution < 1.29 is 9.53 Å². The Morgan fingerprint density at radius 2 is 1.80 bits per heavy atom. The molecule has 0 saturated carbocycles. The van der Waals surface area contributed by atoms with E-state index in [0.717, 1.165) is 22.4 Å². The second-order valence-corrected chi connectivity index (χ2v) is 8.62. The van der Waals surface area contributed by atoms with Gasteiger partial charge in [0.25, 0.3) is 5.91 Å². The van der Waals surface area contributed by atoms with Crippen molar-refractivity contribution in [1.29, 1.82) is 0 Å². The normalized spacial score (nSPS) is 14.7. The minimum Gasteiger partial charge on any atom is -0.489 e. The Hall–Kier alpha value is -4.10. The van der Waals surface area contributed by atoms with Gasteiger partial charge in [-0.25, -0.2) is 4.68 Å². The second kappa shape index (κ2) is 10.0. The summed E-state index contributed by atoms with van der Waals surface area (Å²) in [6.07, 6.45) is 1.48. The van der Waals surface area contributed by atoms with E-state index in [0.29, 0.717) is 35.4 Å². The predicted octanol–water partition coefficient (Wildman–Crippen LogP) is 5.12. The van der Waals surface area contributed by atoms with E-state index in [-0.39, 0.29) is 5.91 Å². The quantitative estimate of drug-likeness (QED) is 0.380. The maximum atomic E-state index is 13.3. The fourth-order valence-corrected chi connectivity index (χ4v) is 4.28.